The van der Waals surface area contributed by atoms with E-state index in [1.807, 2.05) is 20.8 Å². The molecule has 0 heterocycles. The molecule has 0 aromatic rings. The summed E-state index contributed by atoms with van der Waals surface area (Å²) in [6.45, 7) is 5.79. The predicted octanol–water partition coefficient (Wildman–Crippen LogP) is 2.40. The van der Waals surface area contributed by atoms with E-state index in [1.165, 1.54) is 30.9 Å². The SMILES string of the molecule is CC(C)(C)ON(C=O)NC1CCCCCC1. The summed E-state index contributed by atoms with van der Waals surface area (Å²) >= 11 is 0. The lowest BCUT2D eigenvalue weighted by Crippen LogP contribution is -2.47. The van der Waals surface area contributed by atoms with Crippen molar-refractivity contribution in [1.29, 1.82) is 0 Å². The van der Waals surface area contributed by atoms with Crippen LogP contribution in [0.15, 0.2) is 0 Å². The third kappa shape index (κ3) is 5.47. The van der Waals surface area contributed by atoms with Crippen LogP contribution in [0.25, 0.3) is 0 Å². The normalized spacial score (nSPS) is 19.2. The summed E-state index contributed by atoms with van der Waals surface area (Å²) in [5.74, 6) is 0. The van der Waals surface area contributed by atoms with Gasteiger partial charge in [0.15, 0.2) is 0 Å². The molecule has 1 saturated carbocycles. The summed E-state index contributed by atoms with van der Waals surface area (Å²) in [6, 6.07) is 0.370. The number of rotatable bonds is 4. The van der Waals surface area contributed by atoms with Crippen LogP contribution in [0.4, 0.5) is 0 Å². The number of nitrogens with one attached hydrogen (secondary N) is 1. The van der Waals surface area contributed by atoms with Gasteiger partial charge in [-0.2, -0.15) is 5.17 Å². The fraction of sp³-hybridized carbons (Fsp3) is 0.917. The average Bonchev–Trinajstić information content (AvgIpc) is 2.43. The number of hydroxylamine groups is 1. The van der Waals surface area contributed by atoms with Crippen LogP contribution in [0.1, 0.15) is 59.3 Å². The molecule has 0 spiro atoms. The van der Waals surface area contributed by atoms with Crippen molar-refractivity contribution >= 4 is 6.41 Å². The van der Waals surface area contributed by atoms with Crippen molar-refractivity contribution in [2.24, 2.45) is 0 Å². The first-order valence-corrected chi connectivity index (χ1v) is 6.21. The summed E-state index contributed by atoms with van der Waals surface area (Å²) in [5, 5.41) is 1.23. The molecule has 16 heavy (non-hydrogen) atoms. The maximum absolute atomic E-state index is 10.9. The monoisotopic (exact) mass is 228 g/mol. The Hall–Kier alpha value is -0.610. The molecule has 0 aromatic heterocycles. The van der Waals surface area contributed by atoms with Crippen LogP contribution in [0.2, 0.25) is 0 Å². The summed E-state index contributed by atoms with van der Waals surface area (Å²) in [5.41, 5.74) is 2.80. The number of carbonyl (C=O) groups excluding carboxylic acids is 1. The van der Waals surface area contributed by atoms with Crippen molar-refractivity contribution in [3.63, 3.8) is 0 Å². The average molecular weight is 228 g/mol. The number of hydrogen-bond donors (Lipinski definition) is 1. The number of amides is 1. The van der Waals surface area contributed by atoms with Gasteiger partial charge < -0.3 is 0 Å². The van der Waals surface area contributed by atoms with E-state index in [9.17, 15) is 4.79 Å². The first-order chi connectivity index (χ1) is 7.51. The van der Waals surface area contributed by atoms with Crippen molar-refractivity contribution in [1.82, 2.24) is 10.6 Å². The molecule has 0 bridgehead atoms. The zero-order valence-corrected chi connectivity index (χ0v) is 10.7. The lowest BCUT2D eigenvalue weighted by atomic mass is 10.1. The highest BCUT2D eigenvalue weighted by atomic mass is 16.7. The highest BCUT2D eigenvalue weighted by molar-refractivity contribution is 5.44. The summed E-state index contributed by atoms with van der Waals surface area (Å²) in [7, 11) is 0. The van der Waals surface area contributed by atoms with Gasteiger partial charge in [0, 0.05) is 6.04 Å². The van der Waals surface area contributed by atoms with Crippen LogP contribution < -0.4 is 5.43 Å². The van der Waals surface area contributed by atoms with Gasteiger partial charge in [-0.3, -0.25) is 4.79 Å². The van der Waals surface area contributed by atoms with Crippen LogP contribution in [0, 0.1) is 0 Å². The van der Waals surface area contributed by atoms with Crippen LogP contribution >= 0.6 is 0 Å². The van der Waals surface area contributed by atoms with Crippen molar-refractivity contribution < 1.29 is 9.63 Å². The van der Waals surface area contributed by atoms with E-state index < -0.39 is 0 Å². The van der Waals surface area contributed by atoms with Crippen LogP contribution in [0.5, 0.6) is 0 Å². The van der Waals surface area contributed by atoms with Gasteiger partial charge in [-0.05, 0) is 33.6 Å². The predicted molar refractivity (Wildman–Crippen MR) is 63.4 cm³/mol. The van der Waals surface area contributed by atoms with Crippen molar-refractivity contribution in [3.05, 3.63) is 0 Å². The second-order valence-corrected chi connectivity index (χ2v) is 5.45. The number of carbonyl (C=O) groups is 1. The minimum absolute atomic E-state index is 0.349. The molecule has 4 nitrogen and oxygen atoms in total. The Morgan fingerprint density at radius 2 is 1.75 bits per heavy atom. The largest absolute Gasteiger partial charge is 0.275 e. The van der Waals surface area contributed by atoms with Gasteiger partial charge >= 0.3 is 0 Å². The Kier molecular flexibility index (Phi) is 5.22. The molecule has 0 aliphatic heterocycles. The quantitative estimate of drug-likeness (QED) is 0.456. The van der Waals surface area contributed by atoms with E-state index in [2.05, 4.69) is 5.43 Å². The smallest absolute Gasteiger partial charge is 0.249 e. The topological polar surface area (TPSA) is 41.6 Å². The Balaban J connectivity index is 2.39. The number of nitrogens with zero attached hydrogens (tertiary/aromatic N) is 1. The molecular formula is C12H24N2O2. The fourth-order valence-electron chi connectivity index (χ4n) is 1.96. The lowest BCUT2D eigenvalue weighted by molar-refractivity contribution is -0.242. The first kappa shape index (κ1) is 13.5. The van der Waals surface area contributed by atoms with E-state index in [4.69, 9.17) is 4.84 Å². The molecule has 1 amide bonds. The number of hydrazine groups is 1. The second-order valence-electron chi connectivity index (χ2n) is 5.45. The molecular weight excluding hydrogens is 204 g/mol. The van der Waals surface area contributed by atoms with E-state index >= 15 is 0 Å². The van der Waals surface area contributed by atoms with Gasteiger partial charge in [-0.1, -0.05) is 25.7 Å². The highest BCUT2D eigenvalue weighted by Crippen LogP contribution is 2.18. The Bertz CT molecular complexity index is 206. The zero-order chi connectivity index (χ0) is 12.0. The Labute approximate surface area is 98.3 Å². The maximum atomic E-state index is 10.9. The first-order valence-electron chi connectivity index (χ1n) is 6.21. The Morgan fingerprint density at radius 3 is 2.19 bits per heavy atom. The molecule has 0 saturated heterocycles. The second kappa shape index (κ2) is 6.21. The van der Waals surface area contributed by atoms with Crippen molar-refractivity contribution in [2.75, 3.05) is 0 Å². The minimum Gasteiger partial charge on any atom is -0.275 e. The molecule has 0 unspecified atom stereocenters. The van der Waals surface area contributed by atoms with Gasteiger partial charge in [0.05, 0.1) is 5.60 Å². The van der Waals surface area contributed by atoms with Gasteiger partial charge in [0.25, 0.3) is 0 Å². The van der Waals surface area contributed by atoms with E-state index in [0.717, 1.165) is 12.8 Å². The molecule has 1 aliphatic carbocycles. The standard InChI is InChI=1S/C12H24N2O2/c1-12(2,3)16-14(10-15)13-11-8-6-4-5-7-9-11/h10-11,13H,4-9H2,1-3H3. The molecule has 0 radical (unpaired) electrons. The third-order valence-electron chi connectivity index (χ3n) is 2.63. The zero-order valence-electron chi connectivity index (χ0n) is 10.7. The van der Waals surface area contributed by atoms with E-state index in [0.29, 0.717) is 12.5 Å². The van der Waals surface area contributed by atoms with Crippen molar-refractivity contribution in [2.45, 2.75) is 70.9 Å². The molecule has 4 heteroatoms. The van der Waals surface area contributed by atoms with Crippen molar-refractivity contribution in [3.8, 4) is 0 Å². The van der Waals surface area contributed by atoms with E-state index in [-0.39, 0.29) is 5.60 Å². The molecule has 1 fully saturated rings. The molecule has 0 atom stereocenters. The van der Waals surface area contributed by atoms with Gasteiger partial charge in [0.2, 0.25) is 6.41 Å². The van der Waals surface area contributed by atoms with Gasteiger partial charge in [-0.15, -0.1) is 0 Å². The lowest BCUT2D eigenvalue weighted by Gasteiger charge is -2.29. The van der Waals surface area contributed by atoms with Crippen LogP contribution in [-0.2, 0) is 9.63 Å². The molecule has 0 aromatic carbocycles. The molecule has 1 rings (SSSR count). The fourth-order valence-corrected chi connectivity index (χ4v) is 1.96. The third-order valence-corrected chi connectivity index (χ3v) is 2.63. The Morgan fingerprint density at radius 1 is 1.19 bits per heavy atom. The summed E-state index contributed by atoms with van der Waals surface area (Å²) < 4.78 is 0. The molecule has 1 aliphatic rings. The minimum atomic E-state index is -0.349. The van der Waals surface area contributed by atoms with Crippen LogP contribution in [0.3, 0.4) is 0 Å². The molecule has 1 N–H and O–H groups in total. The van der Waals surface area contributed by atoms with E-state index in [1.54, 1.807) is 0 Å². The number of hydrogen-bond acceptors (Lipinski definition) is 3. The van der Waals surface area contributed by atoms with Crippen LogP contribution in [-0.4, -0.2) is 23.2 Å². The van der Waals surface area contributed by atoms with Gasteiger partial charge in [0.1, 0.15) is 0 Å². The highest BCUT2D eigenvalue weighted by Gasteiger charge is 2.19. The van der Waals surface area contributed by atoms with Gasteiger partial charge in [-0.25, -0.2) is 10.3 Å². The maximum Gasteiger partial charge on any atom is 0.249 e. The summed E-state index contributed by atoms with van der Waals surface area (Å²) in [4.78, 5) is 16.4. The summed E-state index contributed by atoms with van der Waals surface area (Å²) in [6.07, 6.45) is 8.03. The molecule has 94 valence electrons.